The molecule has 0 aliphatic carbocycles. The lowest BCUT2D eigenvalue weighted by Gasteiger charge is -2.05. The van der Waals surface area contributed by atoms with Crippen molar-refractivity contribution in [1.29, 1.82) is 0 Å². The van der Waals surface area contributed by atoms with Crippen molar-refractivity contribution < 1.29 is 4.42 Å². The van der Waals surface area contributed by atoms with Gasteiger partial charge in [-0.2, -0.15) is 0 Å². The van der Waals surface area contributed by atoms with E-state index in [9.17, 15) is 4.79 Å². The van der Waals surface area contributed by atoms with Gasteiger partial charge in [0, 0.05) is 11.6 Å². The topological polar surface area (TPSA) is 48.0 Å². The number of allylic oxidation sites excluding steroid dienone is 3. The lowest BCUT2D eigenvalue weighted by molar-refractivity contribution is 0.557. The van der Waals surface area contributed by atoms with Crippen LogP contribution in [0, 0.1) is 0 Å². The molecule has 3 heterocycles. The largest absolute Gasteiger partial charge is 0.465 e. The van der Waals surface area contributed by atoms with Crippen molar-refractivity contribution in [3.8, 4) is 0 Å². The molecule has 0 unspecified atom stereocenters. The summed E-state index contributed by atoms with van der Waals surface area (Å²) >= 11 is 6.01. The Morgan fingerprint density at radius 2 is 2.22 bits per heavy atom. The van der Waals surface area contributed by atoms with Gasteiger partial charge in [-0.1, -0.05) is 23.8 Å². The van der Waals surface area contributed by atoms with Crippen LogP contribution >= 0.6 is 11.6 Å². The van der Waals surface area contributed by atoms with Crippen LogP contribution in [0.5, 0.6) is 0 Å². The van der Waals surface area contributed by atoms with Crippen molar-refractivity contribution >= 4 is 34.2 Å². The van der Waals surface area contributed by atoms with Crippen LogP contribution in [0.15, 0.2) is 58.0 Å². The number of furan rings is 1. The third kappa shape index (κ3) is 2.51. The Balaban J connectivity index is 1.79. The second-order valence-electron chi connectivity index (χ2n) is 5.37. The van der Waals surface area contributed by atoms with Crippen LogP contribution in [0.25, 0.3) is 22.6 Å². The summed E-state index contributed by atoms with van der Waals surface area (Å²) in [4.78, 5) is 17.2. The molecule has 4 rings (SSSR count). The molecule has 23 heavy (non-hydrogen) atoms. The molecule has 114 valence electrons. The van der Waals surface area contributed by atoms with E-state index in [4.69, 9.17) is 16.0 Å². The summed E-state index contributed by atoms with van der Waals surface area (Å²) in [6.45, 7) is 0.653. The molecule has 0 saturated carbocycles. The van der Waals surface area contributed by atoms with Crippen molar-refractivity contribution in [3.63, 3.8) is 0 Å². The first-order valence-electron chi connectivity index (χ1n) is 7.33. The monoisotopic (exact) mass is 324 g/mol. The van der Waals surface area contributed by atoms with Crippen LogP contribution in [0.4, 0.5) is 0 Å². The van der Waals surface area contributed by atoms with Gasteiger partial charge in [0.15, 0.2) is 0 Å². The molecule has 1 aromatic carbocycles. The SMILES string of the molecule is O=c1c2ccc(Cl)cc2nc2n1CC/C2=C/C=C\c1ccco1. The molecule has 4 nitrogen and oxygen atoms in total. The van der Waals surface area contributed by atoms with Crippen molar-refractivity contribution in [3.05, 3.63) is 75.7 Å². The Bertz CT molecular complexity index is 998. The lowest BCUT2D eigenvalue weighted by atomic mass is 10.2. The fourth-order valence-electron chi connectivity index (χ4n) is 2.79. The van der Waals surface area contributed by atoms with E-state index in [1.54, 1.807) is 29.0 Å². The van der Waals surface area contributed by atoms with Gasteiger partial charge in [-0.25, -0.2) is 4.98 Å². The molecule has 0 atom stereocenters. The molecule has 0 fully saturated rings. The van der Waals surface area contributed by atoms with Gasteiger partial charge in [-0.15, -0.1) is 0 Å². The first kappa shape index (κ1) is 14.0. The van der Waals surface area contributed by atoms with Crippen LogP contribution in [-0.4, -0.2) is 9.55 Å². The van der Waals surface area contributed by atoms with Crippen molar-refractivity contribution in [2.45, 2.75) is 13.0 Å². The Morgan fingerprint density at radius 3 is 3.04 bits per heavy atom. The molecule has 0 spiro atoms. The fraction of sp³-hybridized carbons (Fsp3) is 0.111. The van der Waals surface area contributed by atoms with Crippen LogP contribution < -0.4 is 5.56 Å². The van der Waals surface area contributed by atoms with E-state index in [0.717, 1.165) is 17.8 Å². The molecule has 0 bridgehead atoms. The lowest BCUT2D eigenvalue weighted by Crippen LogP contribution is -2.20. The quantitative estimate of drug-likeness (QED) is 0.711. The van der Waals surface area contributed by atoms with Crippen molar-refractivity contribution in [2.24, 2.45) is 0 Å². The number of halogens is 1. The van der Waals surface area contributed by atoms with Gasteiger partial charge in [-0.05, 0) is 48.4 Å². The second kappa shape index (κ2) is 5.56. The summed E-state index contributed by atoms with van der Waals surface area (Å²) in [6.07, 6.45) is 8.19. The van der Waals surface area contributed by atoms with Gasteiger partial charge >= 0.3 is 0 Å². The number of benzene rings is 1. The highest BCUT2D eigenvalue weighted by atomic mass is 35.5. The van der Waals surface area contributed by atoms with Gasteiger partial charge in [0.25, 0.3) is 5.56 Å². The van der Waals surface area contributed by atoms with Gasteiger partial charge < -0.3 is 4.42 Å². The Hall–Kier alpha value is -2.59. The standard InChI is InChI=1S/C18H13ClN2O2/c19-13-6-7-15-16(11-13)20-17-12(8-9-21(17)18(15)22)3-1-4-14-5-2-10-23-14/h1-7,10-11H,8-9H2/b4-1-,12-3-. The Morgan fingerprint density at radius 1 is 1.30 bits per heavy atom. The van der Waals surface area contributed by atoms with E-state index >= 15 is 0 Å². The fourth-order valence-corrected chi connectivity index (χ4v) is 2.96. The number of fused-ring (bicyclic) bond motifs is 2. The maximum Gasteiger partial charge on any atom is 0.261 e. The molecule has 0 radical (unpaired) electrons. The summed E-state index contributed by atoms with van der Waals surface area (Å²) in [5.74, 6) is 1.50. The number of hydrogen-bond donors (Lipinski definition) is 0. The van der Waals surface area contributed by atoms with E-state index in [1.165, 1.54) is 0 Å². The highest BCUT2D eigenvalue weighted by molar-refractivity contribution is 6.31. The molecule has 5 heteroatoms. The van der Waals surface area contributed by atoms with E-state index in [2.05, 4.69) is 4.98 Å². The zero-order valence-electron chi connectivity index (χ0n) is 12.2. The number of aromatic nitrogens is 2. The van der Waals surface area contributed by atoms with Crippen LogP contribution in [0.2, 0.25) is 5.02 Å². The first-order chi connectivity index (χ1) is 11.2. The zero-order chi connectivity index (χ0) is 15.8. The number of nitrogens with zero attached hydrogens (tertiary/aromatic N) is 2. The van der Waals surface area contributed by atoms with Gasteiger partial charge in [0.05, 0.1) is 17.2 Å². The maximum absolute atomic E-state index is 12.6. The summed E-state index contributed by atoms with van der Waals surface area (Å²) in [7, 11) is 0. The molecular weight excluding hydrogens is 312 g/mol. The summed E-state index contributed by atoms with van der Waals surface area (Å²) < 4.78 is 6.98. The predicted octanol–water partition coefficient (Wildman–Crippen LogP) is 4.14. The van der Waals surface area contributed by atoms with Gasteiger partial charge in [-0.3, -0.25) is 9.36 Å². The highest BCUT2D eigenvalue weighted by Crippen LogP contribution is 2.26. The minimum atomic E-state index is -0.0138. The Labute approximate surface area is 137 Å². The second-order valence-corrected chi connectivity index (χ2v) is 5.81. The number of hydrogen-bond acceptors (Lipinski definition) is 3. The highest BCUT2D eigenvalue weighted by Gasteiger charge is 2.20. The van der Waals surface area contributed by atoms with Gasteiger partial charge in [0.1, 0.15) is 11.6 Å². The van der Waals surface area contributed by atoms with Crippen LogP contribution in [-0.2, 0) is 6.54 Å². The van der Waals surface area contributed by atoms with E-state index in [0.29, 0.717) is 28.3 Å². The Kier molecular flexibility index (Phi) is 3.39. The summed E-state index contributed by atoms with van der Waals surface area (Å²) in [5, 5.41) is 1.18. The molecule has 0 amide bonds. The molecule has 1 aliphatic heterocycles. The third-order valence-electron chi connectivity index (χ3n) is 3.91. The zero-order valence-corrected chi connectivity index (χ0v) is 13.0. The minimum absolute atomic E-state index is 0.0138. The summed E-state index contributed by atoms with van der Waals surface area (Å²) in [5.41, 5.74) is 1.66. The molecule has 1 aliphatic rings. The predicted molar refractivity (Wildman–Crippen MR) is 91.3 cm³/mol. The molecular formula is C18H13ClN2O2. The first-order valence-corrected chi connectivity index (χ1v) is 7.71. The normalized spacial score (nSPS) is 15.8. The van der Waals surface area contributed by atoms with Crippen LogP contribution in [0.3, 0.4) is 0 Å². The van der Waals surface area contributed by atoms with E-state index in [1.807, 2.05) is 30.4 Å². The molecule has 2 aromatic heterocycles. The van der Waals surface area contributed by atoms with Gasteiger partial charge in [0.2, 0.25) is 0 Å². The molecule has 3 aromatic rings. The average molecular weight is 325 g/mol. The van der Waals surface area contributed by atoms with E-state index in [-0.39, 0.29) is 5.56 Å². The van der Waals surface area contributed by atoms with E-state index < -0.39 is 0 Å². The smallest absolute Gasteiger partial charge is 0.261 e. The van der Waals surface area contributed by atoms with Crippen molar-refractivity contribution in [2.75, 3.05) is 0 Å². The molecule has 0 saturated heterocycles. The molecule has 0 N–H and O–H groups in total. The third-order valence-corrected chi connectivity index (χ3v) is 4.15. The van der Waals surface area contributed by atoms with Crippen LogP contribution in [0.1, 0.15) is 18.0 Å². The minimum Gasteiger partial charge on any atom is -0.465 e. The van der Waals surface area contributed by atoms with Crippen molar-refractivity contribution in [1.82, 2.24) is 9.55 Å². The average Bonchev–Trinajstić information content (AvgIpc) is 3.18. The maximum atomic E-state index is 12.6. The summed E-state index contributed by atoms with van der Waals surface area (Å²) in [6, 6.07) is 8.91. The number of rotatable bonds is 2.